The molecule has 0 radical (unpaired) electrons. The number of benzene rings is 1. The van der Waals surface area contributed by atoms with Gasteiger partial charge < -0.3 is 9.47 Å². The van der Waals surface area contributed by atoms with Crippen LogP contribution in [-0.2, 0) is 13.1 Å². The molecule has 6 rings (SSSR count). The molecule has 5 nitrogen and oxygen atoms in total. The Morgan fingerprint density at radius 1 is 0.962 bits per heavy atom. The van der Waals surface area contributed by atoms with Gasteiger partial charge in [-0.3, -0.25) is 14.8 Å². The van der Waals surface area contributed by atoms with Gasteiger partial charge in [0.05, 0.1) is 0 Å². The van der Waals surface area contributed by atoms with Gasteiger partial charge in [-0.15, -0.1) is 0 Å². The molecule has 136 valence electrons. The number of hydrogen-bond donors (Lipinski definition) is 0. The average molecular weight is 351 g/mol. The van der Waals surface area contributed by atoms with Crippen LogP contribution in [0.25, 0.3) is 0 Å². The molecule has 0 aliphatic carbocycles. The van der Waals surface area contributed by atoms with E-state index >= 15 is 0 Å². The summed E-state index contributed by atoms with van der Waals surface area (Å²) in [5, 5.41) is 0. The third-order valence-corrected chi connectivity index (χ3v) is 5.85. The Morgan fingerprint density at radius 3 is 2.85 bits per heavy atom. The highest BCUT2D eigenvalue weighted by molar-refractivity contribution is 5.44. The van der Waals surface area contributed by atoms with Gasteiger partial charge in [0.1, 0.15) is 0 Å². The smallest absolute Gasteiger partial charge is 0.231 e. The molecule has 5 heterocycles. The van der Waals surface area contributed by atoms with Crippen LogP contribution in [0, 0.1) is 5.92 Å². The summed E-state index contributed by atoms with van der Waals surface area (Å²) in [5.74, 6) is 2.52. The summed E-state index contributed by atoms with van der Waals surface area (Å²) in [5.41, 5.74) is 2.64. The molecule has 3 saturated heterocycles. The number of aromatic nitrogens is 1. The van der Waals surface area contributed by atoms with E-state index in [-0.39, 0.29) is 0 Å². The van der Waals surface area contributed by atoms with Gasteiger partial charge in [-0.2, -0.15) is 0 Å². The number of rotatable bonds is 4. The van der Waals surface area contributed by atoms with E-state index in [1.165, 1.54) is 37.1 Å². The molecule has 0 amide bonds. The molecule has 4 aliphatic heterocycles. The lowest BCUT2D eigenvalue weighted by molar-refractivity contribution is 0.123. The molecule has 4 aliphatic rings. The SMILES string of the molecule is c1cncc(CN2C[C@@H]3CC[C@H](C2)N(Cc2ccc4c(c2)OCO4)C3)c1. The van der Waals surface area contributed by atoms with E-state index < -0.39 is 0 Å². The van der Waals surface area contributed by atoms with Gasteiger partial charge >= 0.3 is 0 Å². The van der Waals surface area contributed by atoms with Crippen LogP contribution in [0.3, 0.4) is 0 Å². The Hall–Kier alpha value is -2.11. The Kier molecular flexibility index (Phi) is 4.27. The normalized spacial score (nSPS) is 25.4. The van der Waals surface area contributed by atoms with Crippen molar-refractivity contribution in [3.05, 3.63) is 53.9 Å². The van der Waals surface area contributed by atoms with Gasteiger partial charge in [0.15, 0.2) is 11.5 Å². The Labute approximate surface area is 154 Å². The second kappa shape index (κ2) is 6.89. The number of hydrogen-bond acceptors (Lipinski definition) is 5. The van der Waals surface area contributed by atoms with Gasteiger partial charge in [0, 0.05) is 51.2 Å². The Morgan fingerprint density at radius 2 is 1.92 bits per heavy atom. The number of ether oxygens (including phenoxy) is 2. The fraction of sp³-hybridized carbons (Fsp3) is 0.476. The maximum Gasteiger partial charge on any atom is 0.231 e. The lowest BCUT2D eigenvalue weighted by Gasteiger charge is -2.36. The molecule has 3 fully saturated rings. The van der Waals surface area contributed by atoms with E-state index in [9.17, 15) is 0 Å². The molecule has 0 N–H and O–H groups in total. The van der Waals surface area contributed by atoms with Gasteiger partial charge in [-0.05, 0) is 48.1 Å². The number of piperidine rings is 1. The molecular weight excluding hydrogens is 326 g/mol. The first-order chi connectivity index (χ1) is 12.8. The summed E-state index contributed by atoms with van der Waals surface area (Å²) in [4.78, 5) is 9.57. The van der Waals surface area contributed by atoms with Gasteiger partial charge in [-0.1, -0.05) is 12.1 Å². The van der Waals surface area contributed by atoms with E-state index in [0.29, 0.717) is 12.8 Å². The third-order valence-electron chi connectivity index (χ3n) is 5.85. The highest BCUT2D eigenvalue weighted by atomic mass is 16.7. The average Bonchev–Trinajstić information content (AvgIpc) is 2.96. The molecule has 2 atom stereocenters. The zero-order valence-corrected chi connectivity index (χ0v) is 15.0. The molecule has 2 aromatic rings. The van der Waals surface area contributed by atoms with Crippen molar-refractivity contribution in [1.82, 2.24) is 14.8 Å². The van der Waals surface area contributed by atoms with Crippen molar-refractivity contribution < 1.29 is 9.47 Å². The van der Waals surface area contributed by atoms with Crippen LogP contribution in [0.5, 0.6) is 11.5 Å². The van der Waals surface area contributed by atoms with E-state index in [2.05, 4.69) is 33.0 Å². The standard InChI is InChI=1S/C21H25N3O2/c1-2-17(9-22-7-1)10-23-11-18-3-5-19(14-23)24(13-18)12-16-4-6-20-21(8-16)26-15-25-20/h1-2,4,6-9,18-19H,3,5,10-15H2/t18-,19+/m0/s1. The van der Waals surface area contributed by atoms with Crippen LogP contribution >= 0.6 is 0 Å². The molecule has 0 unspecified atom stereocenters. The molecule has 5 heteroatoms. The molecule has 0 saturated carbocycles. The minimum atomic E-state index is 0.344. The number of pyridine rings is 1. The highest BCUT2D eigenvalue weighted by Gasteiger charge is 2.34. The monoisotopic (exact) mass is 351 g/mol. The first-order valence-electron chi connectivity index (χ1n) is 9.57. The van der Waals surface area contributed by atoms with Gasteiger partial charge in [0.2, 0.25) is 6.79 Å². The summed E-state index contributed by atoms with van der Waals surface area (Å²) in [6, 6.07) is 11.2. The summed E-state index contributed by atoms with van der Waals surface area (Å²) >= 11 is 0. The topological polar surface area (TPSA) is 37.8 Å². The number of nitrogens with zero attached hydrogens (tertiary/aromatic N) is 3. The summed E-state index contributed by atoms with van der Waals surface area (Å²) in [6.45, 7) is 5.90. The fourth-order valence-corrected chi connectivity index (χ4v) is 4.62. The van der Waals surface area contributed by atoms with Crippen LogP contribution in [0.4, 0.5) is 0 Å². The molecule has 1 aromatic heterocycles. The van der Waals surface area contributed by atoms with Crippen LogP contribution in [-0.4, -0.2) is 47.3 Å². The van der Waals surface area contributed by atoms with E-state index in [0.717, 1.165) is 37.1 Å². The van der Waals surface area contributed by atoms with Crippen molar-refractivity contribution in [3.8, 4) is 11.5 Å². The van der Waals surface area contributed by atoms with Crippen molar-refractivity contribution in [2.24, 2.45) is 5.92 Å². The largest absolute Gasteiger partial charge is 0.454 e. The quantitative estimate of drug-likeness (QED) is 0.847. The van der Waals surface area contributed by atoms with E-state index in [1.54, 1.807) is 0 Å². The second-order valence-electron chi connectivity index (χ2n) is 7.77. The number of fused-ring (bicyclic) bond motifs is 5. The second-order valence-corrected chi connectivity index (χ2v) is 7.77. The van der Waals surface area contributed by atoms with Crippen LogP contribution < -0.4 is 9.47 Å². The molecule has 2 bridgehead atoms. The predicted octanol–water partition coefficient (Wildman–Crippen LogP) is 2.91. The van der Waals surface area contributed by atoms with Crippen molar-refractivity contribution in [1.29, 1.82) is 0 Å². The molecule has 0 spiro atoms. The van der Waals surface area contributed by atoms with Crippen LogP contribution in [0.1, 0.15) is 24.0 Å². The highest BCUT2D eigenvalue weighted by Crippen LogP contribution is 2.34. The Balaban J connectivity index is 1.28. The lowest BCUT2D eigenvalue weighted by atomic mass is 9.94. The first kappa shape index (κ1) is 16.1. The Bertz CT molecular complexity index is 767. The van der Waals surface area contributed by atoms with Crippen LogP contribution in [0.15, 0.2) is 42.7 Å². The zero-order valence-electron chi connectivity index (χ0n) is 15.0. The third kappa shape index (κ3) is 3.29. The summed E-state index contributed by atoms with van der Waals surface area (Å²) in [6.07, 6.45) is 6.50. The maximum atomic E-state index is 5.54. The molecule has 26 heavy (non-hydrogen) atoms. The van der Waals surface area contributed by atoms with Gasteiger partial charge in [-0.25, -0.2) is 0 Å². The lowest BCUT2D eigenvalue weighted by Crippen LogP contribution is -2.43. The summed E-state index contributed by atoms with van der Waals surface area (Å²) in [7, 11) is 0. The van der Waals surface area contributed by atoms with Crippen molar-refractivity contribution in [3.63, 3.8) is 0 Å². The van der Waals surface area contributed by atoms with Crippen molar-refractivity contribution in [2.45, 2.75) is 32.0 Å². The minimum absolute atomic E-state index is 0.344. The predicted molar refractivity (Wildman–Crippen MR) is 99.0 cm³/mol. The molecular formula is C21H25N3O2. The summed E-state index contributed by atoms with van der Waals surface area (Å²) < 4.78 is 11.0. The van der Waals surface area contributed by atoms with Crippen molar-refractivity contribution >= 4 is 0 Å². The molecule has 1 aromatic carbocycles. The van der Waals surface area contributed by atoms with Gasteiger partial charge in [0.25, 0.3) is 0 Å². The van der Waals surface area contributed by atoms with Crippen molar-refractivity contribution in [2.75, 3.05) is 26.4 Å². The fourth-order valence-electron chi connectivity index (χ4n) is 4.62. The minimum Gasteiger partial charge on any atom is -0.454 e. The zero-order chi connectivity index (χ0) is 17.3. The van der Waals surface area contributed by atoms with E-state index in [4.69, 9.17) is 9.47 Å². The maximum absolute atomic E-state index is 5.54. The first-order valence-corrected chi connectivity index (χ1v) is 9.57. The van der Waals surface area contributed by atoms with Crippen LogP contribution in [0.2, 0.25) is 0 Å². The van der Waals surface area contributed by atoms with E-state index in [1.807, 2.05) is 24.5 Å².